The third-order valence-electron chi connectivity index (χ3n) is 4.53. The molecule has 0 aliphatic rings. The van der Waals surface area contributed by atoms with Crippen LogP contribution in [0, 0.1) is 19.7 Å². The lowest BCUT2D eigenvalue weighted by molar-refractivity contribution is -0.129. The first-order valence-corrected chi connectivity index (χ1v) is 8.54. The monoisotopic (exact) mass is 351 g/mol. The lowest BCUT2D eigenvalue weighted by Gasteiger charge is -2.17. The number of carbonyl (C=O) groups is 1. The van der Waals surface area contributed by atoms with Crippen LogP contribution in [0.3, 0.4) is 0 Å². The molecule has 0 aliphatic carbocycles. The van der Waals surface area contributed by atoms with E-state index >= 15 is 0 Å². The fourth-order valence-electron chi connectivity index (χ4n) is 2.99. The zero-order valence-corrected chi connectivity index (χ0v) is 15.2. The van der Waals surface area contributed by atoms with E-state index in [1.54, 1.807) is 24.1 Å². The second-order valence-corrected chi connectivity index (χ2v) is 6.45. The molecule has 1 aromatic heterocycles. The fraction of sp³-hybridized carbons (Fsp3) is 0.238. The van der Waals surface area contributed by atoms with Gasteiger partial charge in [-0.05, 0) is 43.7 Å². The van der Waals surface area contributed by atoms with Crippen LogP contribution in [0.15, 0.2) is 54.6 Å². The maximum atomic E-state index is 13.0. The van der Waals surface area contributed by atoms with Crippen LogP contribution in [0.25, 0.3) is 5.69 Å². The van der Waals surface area contributed by atoms with Crippen molar-refractivity contribution in [1.29, 1.82) is 0 Å². The van der Waals surface area contributed by atoms with Gasteiger partial charge in [-0.1, -0.05) is 30.3 Å². The van der Waals surface area contributed by atoms with Crippen LogP contribution in [0.1, 0.15) is 22.5 Å². The normalized spacial score (nSPS) is 10.8. The highest BCUT2D eigenvalue weighted by molar-refractivity contribution is 5.79. The first kappa shape index (κ1) is 17.9. The largest absolute Gasteiger partial charge is 0.341 e. The number of nitrogens with zero attached hydrogens (tertiary/aromatic N) is 3. The highest BCUT2D eigenvalue weighted by Gasteiger charge is 2.18. The van der Waals surface area contributed by atoms with Crippen LogP contribution in [0.4, 0.5) is 4.39 Å². The number of rotatable bonds is 5. The van der Waals surface area contributed by atoms with E-state index in [0.29, 0.717) is 13.0 Å². The number of carbonyl (C=O) groups excluding carboxylic acids is 1. The zero-order chi connectivity index (χ0) is 18.7. The summed E-state index contributed by atoms with van der Waals surface area (Å²) in [5.41, 5.74) is 4.65. The third-order valence-corrected chi connectivity index (χ3v) is 4.53. The van der Waals surface area contributed by atoms with E-state index < -0.39 is 0 Å². The van der Waals surface area contributed by atoms with E-state index in [0.717, 1.165) is 28.2 Å². The average molecular weight is 351 g/mol. The van der Waals surface area contributed by atoms with Crippen LogP contribution < -0.4 is 0 Å². The quantitative estimate of drug-likeness (QED) is 0.701. The summed E-state index contributed by atoms with van der Waals surface area (Å²) in [5, 5.41) is 4.59. The van der Waals surface area contributed by atoms with Crippen LogP contribution in [-0.2, 0) is 17.8 Å². The molecule has 134 valence electrons. The number of halogens is 1. The number of hydrogen-bond donors (Lipinski definition) is 0. The van der Waals surface area contributed by atoms with Crippen molar-refractivity contribution < 1.29 is 9.18 Å². The zero-order valence-electron chi connectivity index (χ0n) is 15.2. The molecular weight excluding hydrogens is 329 g/mol. The van der Waals surface area contributed by atoms with Gasteiger partial charge in [-0.3, -0.25) is 4.79 Å². The Morgan fingerprint density at radius 1 is 1.08 bits per heavy atom. The van der Waals surface area contributed by atoms with Gasteiger partial charge >= 0.3 is 0 Å². The molecule has 4 nitrogen and oxygen atoms in total. The highest BCUT2D eigenvalue weighted by atomic mass is 19.1. The molecule has 0 atom stereocenters. The van der Waals surface area contributed by atoms with Gasteiger partial charge in [0.05, 0.1) is 17.8 Å². The SMILES string of the molecule is Cc1nn(-c2ccccc2)c(C)c1CC(=O)N(C)Cc1ccc(F)cc1. The molecule has 0 fully saturated rings. The molecule has 3 aromatic rings. The Morgan fingerprint density at radius 3 is 2.38 bits per heavy atom. The molecule has 5 heteroatoms. The minimum Gasteiger partial charge on any atom is -0.341 e. The van der Waals surface area contributed by atoms with Gasteiger partial charge in [-0.25, -0.2) is 9.07 Å². The maximum Gasteiger partial charge on any atom is 0.227 e. The molecule has 3 rings (SSSR count). The molecule has 1 amide bonds. The van der Waals surface area contributed by atoms with Gasteiger partial charge in [-0.2, -0.15) is 5.10 Å². The standard InChI is InChI=1S/C21H22FN3O/c1-15-20(16(2)25(23-15)19-7-5-4-6-8-19)13-21(26)24(3)14-17-9-11-18(22)12-10-17/h4-12H,13-14H2,1-3H3. The summed E-state index contributed by atoms with van der Waals surface area (Å²) in [5.74, 6) is -0.268. The van der Waals surface area contributed by atoms with Gasteiger partial charge in [0.1, 0.15) is 5.82 Å². The smallest absolute Gasteiger partial charge is 0.227 e. The van der Waals surface area contributed by atoms with Crippen LogP contribution in [0.5, 0.6) is 0 Å². The molecular formula is C21H22FN3O. The molecule has 1 heterocycles. The first-order valence-electron chi connectivity index (χ1n) is 8.54. The summed E-state index contributed by atoms with van der Waals surface area (Å²) >= 11 is 0. The van der Waals surface area contributed by atoms with Crippen molar-refractivity contribution in [2.24, 2.45) is 0 Å². The van der Waals surface area contributed by atoms with Crippen LogP contribution in [0.2, 0.25) is 0 Å². The van der Waals surface area contributed by atoms with E-state index in [1.165, 1.54) is 12.1 Å². The van der Waals surface area contributed by atoms with Gasteiger partial charge in [-0.15, -0.1) is 0 Å². The highest BCUT2D eigenvalue weighted by Crippen LogP contribution is 2.19. The number of likely N-dealkylation sites (N-methyl/N-ethyl adjacent to an activating group) is 1. The summed E-state index contributed by atoms with van der Waals surface area (Å²) in [6.45, 7) is 4.36. The van der Waals surface area contributed by atoms with E-state index in [-0.39, 0.29) is 11.7 Å². The number of amides is 1. The molecule has 0 spiro atoms. The summed E-state index contributed by atoms with van der Waals surface area (Å²) in [7, 11) is 1.76. The molecule has 0 saturated heterocycles. The van der Waals surface area contributed by atoms with Crippen molar-refractivity contribution in [3.63, 3.8) is 0 Å². The topological polar surface area (TPSA) is 38.1 Å². The van der Waals surface area contributed by atoms with E-state index in [2.05, 4.69) is 5.10 Å². The van der Waals surface area contributed by atoms with Crippen molar-refractivity contribution in [1.82, 2.24) is 14.7 Å². The van der Waals surface area contributed by atoms with Crippen LogP contribution >= 0.6 is 0 Å². The minimum absolute atomic E-state index is 0.00753. The van der Waals surface area contributed by atoms with E-state index in [1.807, 2.05) is 48.9 Å². The number of aromatic nitrogens is 2. The summed E-state index contributed by atoms with van der Waals surface area (Å²) < 4.78 is 14.9. The number of benzene rings is 2. The van der Waals surface area contributed by atoms with Gasteiger partial charge in [0, 0.05) is 24.8 Å². The Hall–Kier alpha value is -2.95. The van der Waals surface area contributed by atoms with Gasteiger partial charge in [0.2, 0.25) is 5.91 Å². The van der Waals surface area contributed by atoms with Crippen molar-refractivity contribution in [3.05, 3.63) is 82.9 Å². The molecule has 0 unspecified atom stereocenters. The van der Waals surface area contributed by atoms with Gasteiger partial charge < -0.3 is 4.90 Å². The average Bonchev–Trinajstić information content (AvgIpc) is 2.92. The van der Waals surface area contributed by atoms with Crippen LogP contribution in [-0.4, -0.2) is 27.6 Å². The molecule has 2 aromatic carbocycles. The third kappa shape index (κ3) is 3.82. The van der Waals surface area contributed by atoms with Crippen molar-refractivity contribution >= 4 is 5.91 Å². The Bertz CT molecular complexity index is 901. The Kier molecular flexibility index (Phi) is 5.16. The van der Waals surface area contributed by atoms with Crippen molar-refractivity contribution in [3.8, 4) is 5.69 Å². The van der Waals surface area contributed by atoms with E-state index in [9.17, 15) is 9.18 Å². The number of hydrogen-bond acceptors (Lipinski definition) is 2. The molecule has 26 heavy (non-hydrogen) atoms. The lowest BCUT2D eigenvalue weighted by atomic mass is 10.1. The number of para-hydroxylation sites is 1. The Balaban J connectivity index is 1.75. The fourth-order valence-corrected chi connectivity index (χ4v) is 2.99. The van der Waals surface area contributed by atoms with Gasteiger partial charge in [0.15, 0.2) is 0 Å². The maximum absolute atomic E-state index is 13.0. The predicted molar refractivity (Wildman–Crippen MR) is 99.6 cm³/mol. The van der Waals surface area contributed by atoms with Crippen molar-refractivity contribution in [2.75, 3.05) is 7.05 Å². The molecule has 0 bridgehead atoms. The summed E-state index contributed by atoms with van der Waals surface area (Å²) in [6, 6.07) is 16.1. The second kappa shape index (κ2) is 7.52. The predicted octanol–water partition coefficient (Wildman–Crippen LogP) is 3.83. The molecule has 0 radical (unpaired) electrons. The summed E-state index contributed by atoms with van der Waals surface area (Å²) in [6.07, 6.45) is 0.294. The van der Waals surface area contributed by atoms with E-state index in [4.69, 9.17) is 0 Å². The lowest BCUT2D eigenvalue weighted by Crippen LogP contribution is -2.28. The Morgan fingerprint density at radius 2 is 1.73 bits per heavy atom. The molecule has 0 N–H and O–H groups in total. The summed E-state index contributed by atoms with van der Waals surface area (Å²) in [4.78, 5) is 14.3. The van der Waals surface area contributed by atoms with Crippen molar-refractivity contribution in [2.45, 2.75) is 26.8 Å². The molecule has 0 saturated carbocycles. The number of aryl methyl sites for hydroxylation is 1. The molecule has 0 aliphatic heterocycles. The Labute approximate surface area is 152 Å². The minimum atomic E-state index is -0.276. The van der Waals surface area contributed by atoms with Gasteiger partial charge in [0.25, 0.3) is 0 Å². The second-order valence-electron chi connectivity index (χ2n) is 6.45. The first-order chi connectivity index (χ1) is 12.5.